The van der Waals surface area contributed by atoms with Crippen LogP contribution in [0, 0.1) is 0 Å². The average molecular weight is 524 g/mol. The summed E-state index contributed by atoms with van der Waals surface area (Å²) in [6.45, 7) is 7.92. The maximum Gasteiger partial charge on any atom is 0.136 e. The standard InChI is InChI=1S/C35H27NO2.C2H6/c1-3-9-33(38-37)24(4-2)25-18-14-22-16-20-29-32(21-17-23-15-19-28(25)34(22)35(23)29)36-30-12-7-5-10-26(30)27-11-6-8-13-31(27)36;1-2/h3-21,33,37H,1-2H3;1-2H3/b9-3-,24-4-;. The van der Waals surface area contributed by atoms with Gasteiger partial charge in [0.2, 0.25) is 0 Å². The van der Waals surface area contributed by atoms with Gasteiger partial charge in [0.1, 0.15) is 6.10 Å². The van der Waals surface area contributed by atoms with E-state index in [0.717, 1.165) is 16.5 Å². The second kappa shape index (κ2) is 10.6. The van der Waals surface area contributed by atoms with Crippen molar-refractivity contribution in [3.05, 3.63) is 121 Å². The summed E-state index contributed by atoms with van der Waals surface area (Å²) in [7, 11) is 0. The quantitative estimate of drug-likeness (QED) is 0.105. The summed E-state index contributed by atoms with van der Waals surface area (Å²) in [6.07, 6.45) is 5.26. The lowest BCUT2D eigenvalue weighted by Crippen LogP contribution is -2.10. The lowest BCUT2D eigenvalue weighted by atomic mass is 9.88. The summed E-state index contributed by atoms with van der Waals surface area (Å²) in [5.41, 5.74) is 5.58. The van der Waals surface area contributed by atoms with Gasteiger partial charge in [-0.15, -0.1) is 0 Å². The summed E-state index contributed by atoms with van der Waals surface area (Å²) in [5, 5.41) is 19.5. The van der Waals surface area contributed by atoms with E-state index in [-0.39, 0.29) is 0 Å². The van der Waals surface area contributed by atoms with E-state index in [1.165, 1.54) is 54.4 Å². The number of hydrogen-bond donors (Lipinski definition) is 1. The largest absolute Gasteiger partial charge is 0.309 e. The Labute approximate surface area is 234 Å². The summed E-state index contributed by atoms with van der Waals surface area (Å²) in [6, 6.07) is 35.0. The van der Waals surface area contributed by atoms with E-state index in [1.54, 1.807) is 0 Å². The molecule has 0 fully saturated rings. The summed E-state index contributed by atoms with van der Waals surface area (Å²) in [4.78, 5) is 4.88. The van der Waals surface area contributed by atoms with Gasteiger partial charge in [-0.05, 0) is 70.1 Å². The van der Waals surface area contributed by atoms with E-state index >= 15 is 0 Å². The Morgan fingerprint density at radius 2 is 1.23 bits per heavy atom. The minimum Gasteiger partial charge on any atom is -0.309 e. The Hall–Kier alpha value is -4.44. The average Bonchev–Trinajstić information content (AvgIpc) is 3.35. The summed E-state index contributed by atoms with van der Waals surface area (Å²) in [5.74, 6) is 0. The monoisotopic (exact) mass is 523 g/mol. The molecule has 0 aliphatic carbocycles. The van der Waals surface area contributed by atoms with Crippen LogP contribution in [-0.4, -0.2) is 15.9 Å². The maximum atomic E-state index is 9.68. The molecule has 1 aromatic heterocycles. The molecule has 7 rings (SSSR count). The molecule has 3 nitrogen and oxygen atoms in total. The molecule has 0 aliphatic heterocycles. The highest BCUT2D eigenvalue weighted by atomic mass is 17.1. The first-order valence-electron chi connectivity index (χ1n) is 14.0. The predicted molar refractivity (Wildman–Crippen MR) is 172 cm³/mol. The van der Waals surface area contributed by atoms with Gasteiger partial charge in [-0.3, -0.25) is 5.26 Å². The molecule has 0 saturated heterocycles. The van der Waals surface area contributed by atoms with Gasteiger partial charge in [0.25, 0.3) is 0 Å². The molecule has 1 atom stereocenters. The molecule has 0 amide bonds. The fourth-order valence-electron chi connectivity index (χ4n) is 6.26. The summed E-state index contributed by atoms with van der Waals surface area (Å²) >= 11 is 0. The lowest BCUT2D eigenvalue weighted by molar-refractivity contribution is -0.251. The van der Waals surface area contributed by atoms with Gasteiger partial charge >= 0.3 is 0 Å². The first-order chi connectivity index (χ1) is 19.7. The predicted octanol–water partition coefficient (Wildman–Crippen LogP) is 10.5. The van der Waals surface area contributed by atoms with Gasteiger partial charge in [-0.25, -0.2) is 4.89 Å². The lowest BCUT2D eigenvalue weighted by Gasteiger charge is -2.20. The van der Waals surface area contributed by atoms with Gasteiger partial charge in [-0.2, -0.15) is 0 Å². The van der Waals surface area contributed by atoms with Crippen LogP contribution >= 0.6 is 0 Å². The number of aromatic nitrogens is 1. The van der Waals surface area contributed by atoms with Crippen LogP contribution < -0.4 is 0 Å². The van der Waals surface area contributed by atoms with Crippen LogP contribution in [-0.2, 0) is 4.89 Å². The molecule has 0 saturated carbocycles. The molecular formula is C37H33NO2. The third-order valence-corrected chi connectivity index (χ3v) is 7.87. The van der Waals surface area contributed by atoms with Crippen LogP contribution in [0.5, 0.6) is 0 Å². The molecule has 7 aromatic rings. The van der Waals surface area contributed by atoms with Crippen LogP contribution in [0.25, 0.3) is 65.4 Å². The molecule has 0 radical (unpaired) electrons. The molecular weight excluding hydrogens is 490 g/mol. The number of benzene rings is 6. The molecule has 0 bridgehead atoms. The maximum absolute atomic E-state index is 9.68. The minimum absolute atomic E-state index is 0.531. The van der Waals surface area contributed by atoms with E-state index in [1.807, 2.05) is 45.9 Å². The van der Waals surface area contributed by atoms with Crippen molar-refractivity contribution in [3.8, 4) is 5.69 Å². The normalized spacial score (nSPS) is 13.2. The molecule has 198 valence electrons. The number of allylic oxidation sites excluding steroid dienone is 2. The van der Waals surface area contributed by atoms with E-state index in [4.69, 9.17) is 4.89 Å². The Bertz CT molecular complexity index is 1990. The zero-order valence-corrected chi connectivity index (χ0v) is 23.3. The Kier molecular flexibility index (Phi) is 6.85. The molecule has 1 unspecified atom stereocenters. The first-order valence-corrected chi connectivity index (χ1v) is 14.0. The van der Waals surface area contributed by atoms with Gasteiger partial charge in [0.15, 0.2) is 0 Å². The van der Waals surface area contributed by atoms with Crippen molar-refractivity contribution in [1.82, 2.24) is 4.57 Å². The molecule has 6 aromatic carbocycles. The molecule has 1 N–H and O–H groups in total. The molecule has 0 aliphatic rings. The zero-order valence-electron chi connectivity index (χ0n) is 23.3. The Balaban J connectivity index is 0.00000142. The number of rotatable bonds is 5. The number of nitrogens with zero attached hydrogens (tertiary/aromatic N) is 1. The highest BCUT2D eigenvalue weighted by Gasteiger charge is 2.20. The Morgan fingerprint density at radius 1 is 0.675 bits per heavy atom. The van der Waals surface area contributed by atoms with Gasteiger partial charge < -0.3 is 4.57 Å². The Morgan fingerprint density at radius 3 is 1.82 bits per heavy atom. The van der Waals surface area contributed by atoms with E-state index in [0.29, 0.717) is 0 Å². The summed E-state index contributed by atoms with van der Waals surface area (Å²) < 4.78 is 2.40. The topological polar surface area (TPSA) is 34.4 Å². The van der Waals surface area contributed by atoms with E-state index in [2.05, 4.69) is 102 Å². The van der Waals surface area contributed by atoms with Gasteiger partial charge in [-0.1, -0.05) is 111 Å². The van der Waals surface area contributed by atoms with Crippen molar-refractivity contribution < 1.29 is 10.1 Å². The van der Waals surface area contributed by atoms with Crippen LogP contribution in [0.15, 0.2) is 115 Å². The molecule has 3 heteroatoms. The number of fused-ring (bicyclic) bond motifs is 3. The smallest absolute Gasteiger partial charge is 0.136 e. The third-order valence-electron chi connectivity index (χ3n) is 7.87. The molecule has 1 heterocycles. The highest BCUT2D eigenvalue weighted by molar-refractivity contribution is 6.26. The van der Waals surface area contributed by atoms with Crippen molar-refractivity contribution in [1.29, 1.82) is 0 Å². The van der Waals surface area contributed by atoms with Crippen molar-refractivity contribution in [2.24, 2.45) is 0 Å². The van der Waals surface area contributed by atoms with Crippen LogP contribution in [0.3, 0.4) is 0 Å². The zero-order chi connectivity index (χ0) is 27.8. The van der Waals surface area contributed by atoms with Crippen molar-refractivity contribution in [2.45, 2.75) is 33.8 Å². The van der Waals surface area contributed by atoms with Gasteiger partial charge in [0.05, 0.1) is 16.7 Å². The minimum atomic E-state index is -0.531. The van der Waals surface area contributed by atoms with E-state index in [9.17, 15) is 5.26 Å². The third kappa shape index (κ3) is 3.82. The molecule has 40 heavy (non-hydrogen) atoms. The fourth-order valence-corrected chi connectivity index (χ4v) is 6.26. The van der Waals surface area contributed by atoms with Crippen molar-refractivity contribution in [2.75, 3.05) is 0 Å². The molecule has 0 spiro atoms. The highest BCUT2D eigenvalue weighted by Crippen LogP contribution is 2.42. The van der Waals surface area contributed by atoms with Crippen LogP contribution in [0.1, 0.15) is 33.3 Å². The number of para-hydroxylation sites is 2. The fraction of sp³-hybridized carbons (Fsp3) is 0.135. The van der Waals surface area contributed by atoms with E-state index < -0.39 is 6.10 Å². The SMILES string of the molecule is C/C=C\C(OO)/C(=C\C)c1ccc2ccc3c(-n4c5ccccc5c5ccccc54)ccc4ccc1c2c43.CC. The number of hydrogen-bond acceptors (Lipinski definition) is 2. The second-order valence-electron chi connectivity index (χ2n) is 9.79. The van der Waals surface area contributed by atoms with Crippen LogP contribution in [0.4, 0.5) is 0 Å². The van der Waals surface area contributed by atoms with Crippen molar-refractivity contribution in [3.63, 3.8) is 0 Å². The van der Waals surface area contributed by atoms with Crippen LogP contribution in [0.2, 0.25) is 0 Å². The van der Waals surface area contributed by atoms with Crippen molar-refractivity contribution >= 4 is 59.7 Å². The first kappa shape index (κ1) is 25.8. The second-order valence-corrected chi connectivity index (χ2v) is 9.79. The van der Waals surface area contributed by atoms with Gasteiger partial charge in [0, 0.05) is 16.2 Å².